The minimum absolute atomic E-state index is 0.123. The number of hydrogen-bond acceptors (Lipinski definition) is 7. The predicted octanol–water partition coefficient (Wildman–Crippen LogP) is 2.29. The average Bonchev–Trinajstić information content (AvgIpc) is 2.88. The maximum absolute atomic E-state index is 12.4. The summed E-state index contributed by atoms with van der Waals surface area (Å²) in [5, 5.41) is 1.25. The molecule has 2 heterocycles. The number of aromatic nitrogens is 3. The van der Waals surface area contributed by atoms with Crippen molar-refractivity contribution in [2.24, 2.45) is 0 Å². The first-order valence-electron chi connectivity index (χ1n) is 8.04. The highest BCUT2D eigenvalue weighted by atomic mass is 16.6. The first-order valence-corrected chi connectivity index (χ1v) is 8.04. The van der Waals surface area contributed by atoms with Crippen LogP contribution in [0.15, 0.2) is 24.5 Å². The summed E-state index contributed by atoms with van der Waals surface area (Å²) in [6, 6.07) is 5.15. The molecule has 26 heavy (non-hydrogen) atoms. The lowest BCUT2D eigenvalue weighted by molar-refractivity contribution is -0.155. The monoisotopic (exact) mass is 356 g/mol. The van der Waals surface area contributed by atoms with Gasteiger partial charge in [-0.25, -0.2) is 14.8 Å². The van der Waals surface area contributed by atoms with Gasteiger partial charge in [0.05, 0.1) is 23.6 Å². The number of benzene rings is 1. The molecule has 2 aromatic heterocycles. The minimum Gasteiger partial charge on any atom is -0.465 e. The van der Waals surface area contributed by atoms with E-state index in [1.165, 1.54) is 13.4 Å². The lowest BCUT2D eigenvalue weighted by atomic mass is 10.1. The minimum atomic E-state index is -0.630. The zero-order valence-electron chi connectivity index (χ0n) is 15.1. The van der Waals surface area contributed by atoms with E-state index in [1.54, 1.807) is 43.5 Å². The van der Waals surface area contributed by atoms with Crippen LogP contribution < -0.4 is 5.73 Å². The quantitative estimate of drug-likeness (QED) is 0.717. The number of fused-ring (bicyclic) bond motifs is 3. The number of carbonyl (C=O) groups is 2. The number of methoxy groups -OCH3 is 1. The van der Waals surface area contributed by atoms with E-state index in [2.05, 4.69) is 9.97 Å². The molecule has 0 radical (unpaired) electrons. The molecule has 0 unspecified atom stereocenters. The highest BCUT2D eigenvalue weighted by Crippen LogP contribution is 2.33. The van der Waals surface area contributed by atoms with E-state index in [-0.39, 0.29) is 12.4 Å². The molecule has 0 atom stereocenters. The van der Waals surface area contributed by atoms with E-state index in [0.717, 1.165) is 0 Å². The van der Waals surface area contributed by atoms with Gasteiger partial charge in [0.1, 0.15) is 29.9 Å². The topological polar surface area (TPSA) is 109 Å². The Morgan fingerprint density at radius 1 is 1.23 bits per heavy atom. The summed E-state index contributed by atoms with van der Waals surface area (Å²) in [5.74, 6) is -0.700. The number of anilines is 1. The molecule has 136 valence electrons. The molecule has 8 nitrogen and oxygen atoms in total. The first kappa shape index (κ1) is 17.7. The molecule has 0 spiro atoms. The van der Waals surface area contributed by atoms with Gasteiger partial charge >= 0.3 is 11.9 Å². The fourth-order valence-electron chi connectivity index (χ4n) is 2.93. The normalized spacial score (nSPS) is 11.7. The van der Waals surface area contributed by atoms with Gasteiger partial charge in [0.2, 0.25) is 0 Å². The van der Waals surface area contributed by atoms with Crippen molar-refractivity contribution in [2.75, 3.05) is 12.8 Å². The lowest BCUT2D eigenvalue weighted by Crippen LogP contribution is -2.26. The predicted molar refractivity (Wildman–Crippen MR) is 96.6 cm³/mol. The molecular weight excluding hydrogens is 336 g/mol. The van der Waals surface area contributed by atoms with Crippen molar-refractivity contribution in [1.82, 2.24) is 14.5 Å². The molecule has 1 aromatic carbocycles. The second-order valence-electron chi connectivity index (χ2n) is 6.82. The highest BCUT2D eigenvalue weighted by molar-refractivity contribution is 6.16. The molecule has 0 amide bonds. The zero-order chi connectivity index (χ0) is 19.1. The molecule has 3 rings (SSSR count). The molecule has 3 aromatic rings. The van der Waals surface area contributed by atoms with Gasteiger partial charge in [0.25, 0.3) is 0 Å². The second-order valence-corrected chi connectivity index (χ2v) is 6.82. The van der Waals surface area contributed by atoms with Crippen LogP contribution in [0.3, 0.4) is 0 Å². The van der Waals surface area contributed by atoms with Crippen LogP contribution in [0.4, 0.5) is 5.82 Å². The van der Waals surface area contributed by atoms with Gasteiger partial charge in [-0.15, -0.1) is 0 Å². The zero-order valence-corrected chi connectivity index (χ0v) is 15.1. The first-order chi connectivity index (χ1) is 12.2. The number of hydrogen-bond donors (Lipinski definition) is 1. The standard InChI is InChI=1S/C18H20N4O4/c1-18(2,3)26-12(23)8-22-14-10(6-5-7-11(14)17(24)25-4)13-15(19)20-9-21-16(13)22/h5-7,9H,8H2,1-4H3,(H2,19,20,21). The third kappa shape index (κ3) is 3.05. The van der Waals surface area contributed by atoms with E-state index in [9.17, 15) is 9.59 Å². The van der Waals surface area contributed by atoms with Crippen LogP contribution >= 0.6 is 0 Å². The molecule has 0 aliphatic rings. The molecular formula is C18H20N4O4. The van der Waals surface area contributed by atoms with Crippen LogP contribution in [0, 0.1) is 0 Å². The third-order valence-corrected chi connectivity index (χ3v) is 3.80. The Bertz CT molecular complexity index is 1020. The van der Waals surface area contributed by atoms with Gasteiger partial charge in [0.15, 0.2) is 0 Å². The lowest BCUT2D eigenvalue weighted by Gasteiger charge is -2.20. The summed E-state index contributed by atoms with van der Waals surface area (Å²) in [6.07, 6.45) is 1.32. The molecule has 0 saturated heterocycles. The Balaban J connectivity index is 2.29. The van der Waals surface area contributed by atoms with Crippen molar-refractivity contribution in [1.29, 1.82) is 0 Å². The summed E-state index contributed by atoms with van der Waals surface area (Å²) >= 11 is 0. The van der Waals surface area contributed by atoms with E-state index in [4.69, 9.17) is 15.2 Å². The van der Waals surface area contributed by atoms with Gasteiger partial charge in [-0.3, -0.25) is 4.79 Å². The number of ether oxygens (including phenoxy) is 2. The number of nitrogens with zero attached hydrogens (tertiary/aromatic N) is 3. The van der Waals surface area contributed by atoms with Crippen molar-refractivity contribution in [3.8, 4) is 0 Å². The van der Waals surface area contributed by atoms with E-state index < -0.39 is 17.5 Å². The average molecular weight is 356 g/mol. The van der Waals surface area contributed by atoms with Gasteiger partial charge in [-0.1, -0.05) is 12.1 Å². The van der Waals surface area contributed by atoms with Crippen LogP contribution in [0.25, 0.3) is 21.9 Å². The summed E-state index contributed by atoms with van der Waals surface area (Å²) in [7, 11) is 1.30. The van der Waals surface area contributed by atoms with Crippen LogP contribution in [0.2, 0.25) is 0 Å². The molecule has 0 aliphatic carbocycles. The van der Waals surface area contributed by atoms with Gasteiger partial charge < -0.3 is 19.8 Å². The van der Waals surface area contributed by atoms with Gasteiger partial charge in [-0.2, -0.15) is 0 Å². The number of nitrogens with two attached hydrogens (primary N) is 1. The van der Waals surface area contributed by atoms with Crippen LogP contribution in [0.5, 0.6) is 0 Å². The van der Waals surface area contributed by atoms with E-state index in [0.29, 0.717) is 27.5 Å². The maximum Gasteiger partial charge on any atom is 0.340 e. The van der Waals surface area contributed by atoms with Crippen molar-refractivity contribution in [3.63, 3.8) is 0 Å². The van der Waals surface area contributed by atoms with Gasteiger partial charge in [0, 0.05) is 5.39 Å². The Hall–Kier alpha value is -3.16. The fourth-order valence-corrected chi connectivity index (χ4v) is 2.93. The second kappa shape index (κ2) is 6.29. The van der Waals surface area contributed by atoms with Crippen LogP contribution in [-0.4, -0.2) is 39.2 Å². The number of nitrogen functional groups attached to an aromatic ring is 1. The third-order valence-electron chi connectivity index (χ3n) is 3.80. The van der Waals surface area contributed by atoms with Crippen LogP contribution in [-0.2, 0) is 20.8 Å². The highest BCUT2D eigenvalue weighted by Gasteiger charge is 2.24. The molecule has 8 heteroatoms. The van der Waals surface area contributed by atoms with Crippen molar-refractivity contribution >= 4 is 39.7 Å². The summed E-state index contributed by atoms with van der Waals surface area (Å²) in [5.41, 5.74) is 6.67. The van der Waals surface area contributed by atoms with Crippen molar-refractivity contribution < 1.29 is 19.1 Å². The Morgan fingerprint density at radius 3 is 2.62 bits per heavy atom. The number of carbonyl (C=O) groups excluding carboxylic acids is 2. The Labute approximate surface area is 149 Å². The van der Waals surface area contributed by atoms with Crippen LogP contribution in [0.1, 0.15) is 31.1 Å². The molecule has 2 N–H and O–H groups in total. The molecule has 0 bridgehead atoms. The van der Waals surface area contributed by atoms with Crippen molar-refractivity contribution in [3.05, 3.63) is 30.1 Å². The van der Waals surface area contributed by atoms with Crippen molar-refractivity contribution in [2.45, 2.75) is 32.9 Å². The fraction of sp³-hybridized carbons (Fsp3) is 0.333. The molecule has 0 saturated carbocycles. The summed E-state index contributed by atoms with van der Waals surface area (Å²) < 4.78 is 11.9. The number of rotatable bonds is 3. The molecule has 0 fully saturated rings. The SMILES string of the molecule is COC(=O)c1cccc2c3c(N)ncnc3n(CC(=O)OC(C)(C)C)c12. The van der Waals surface area contributed by atoms with E-state index in [1.807, 2.05) is 0 Å². The Kier molecular flexibility index (Phi) is 4.27. The summed E-state index contributed by atoms with van der Waals surface area (Å²) in [6.45, 7) is 5.24. The number of esters is 2. The molecule has 0 aliphatic heterocycles. The smallest absolute Gasteiger partial charge is 0.340 e. The summed E-state index contributed by atoms with van der Waals surface area (Å²) in [4.78, 5) is 32.9. The maximum atomic E-state index is 12.4. The van der Waals surface area contributed by atoms with Gasteiger partial charge in [-0.05, 0) is 26.8 Å². The number of para-hydroxylation sites is 1. The Morgan fingerprint density at radius 2 is 1.96 bits per heavy atom. The van der Waals surface area contributed by atoms with E-state index >= 15 is 0 Å². The largest absolute Gasteiger partial charge is 0.465 e.